The van der Waals surface area contributed by atoms with E-state index in [-0.39, 0.29) is 40.4 Å². The summed E-state index contributed by atoms with van der Waals surface area (Å²) in [6, 6.07) is 6.52. The Morgan fingerprint density at radius 2 is 1.68 bits per heavy atom. The average molecular weight is 521 g/mol. The number of rotatable bonds is 7. The van der Waals surface area contributed by atoms with Crippen LogP contribution < -0.4 is 15.4 Å². The van der Waals surface area contributed by atoms with Crippen LogP contribution in [-0.2, 0) is 15.7 Å². The molecule has 10 heteroatoms. The highest BCUT2D eigenvalue weighted by Crippen LogP contribution is 2.40. The van der Waals surface area contributed by atoms with Crippen molar-refractivity contribution in [2.45, 2.75) is 58.7 Å². The summed E-state index contributed by atoms with van der Waals surface area (Å²) >= 11 is 0. The molecule has 2 aromatic carbocycles. The molecule has 200 valence electrons. The first-order valence-electron chi connectivity index (χ1n) is 12.1. The molecule has 0 spiro atoms. The summed E-state index contributed by atoms with van der Waals surface area (Å²) in [4.78, 5) is 39.1. The number of hydrogen-bond donors (Lipinski definition) is 1. The molecule has 1 aliphatic rings. The van der Waals surface area contributed by atoms with Crippen LogP contribution in [0.4, 0.5) is 18.9 Å². The molecular formula is C27H31F3N2O5. The Morgan fingerprint density at radius 1 is 1.03 bits per heavy atom. The summed E-state index contributed by atoms with van der Waals surface area (Å²) < 4.78 is 51.4. The number of carbonyl (C=O) groups excluding carboxylic acids is 3. The molecule has 0 radical (unpaired) electrons. The first kappa shape index (κ1) is 28.0. The van der Waals surface area contributed by atoms with E-state index in [1.165, 1.54) is 25.3 Å². The number of ether oxygens (including phenoxy) is 2. The summed E-state index contributed by atoms with van der Waals surface area (Å²) in [7, 11) is 1.17. The molecule has 2 aromatic rings. The fourth-order valence-electron chi connectivity index (χ4n) is 4.54. The van der Waals surface area contributed by atoms with Crippen LogP contribution in [0.25, 0.3) is 0 Å². The van der Waals surface area contributed by atoms with Crippen LogP contribution in [0.15, 0.2) is 36.4 Å². The maximum absolute atomic E-state index is 13.7. The van der Waals surface area contributed by atoms with Gasteiger partial charge in [-0.2, -0.15) is 13.2 Å². The van der Waals surface area contributed by atoms with Crippen molar-refractivity contribution in [2.24, 2.45) is 17.6 Å². The maximum atomic E-state index is 13.7. The number of amides is 2. The largest absolute Gasteiger partial charge is 0.465 e. The minimum absolute atomic E-state index is 0.0199. The number of primary amides is 1. The fraction of sp³-hybridized carbons (Fsp3) is 0.444. The van der Waals surface area contributed by atoms with Gasteiger partial charge in [0.2, 0.25) is 11.8 Å². The summed E-state index contributed by atoms with van der Waals surface area (Å²) in [5.41, 5.74) is 3.87. The molecule has 0 aromatic heterocycles. The normalized spacial score (nSPS) is 17.8. The van der Waals surface area contributed by atoms with Gasteiger partial charge >= 0.3 is 12.1 Å². The standard InChI is InChI=1S/C27H31F3N2O5/c1-15(2)32(25(34)17-7-5-16(3)6-8-17)22-11-10-19(14-20(22)26(35)36-4)37-23-12-9-18(24(31)33)13-21(23)27(28,29)30/h9-17H,5-8H2,1-4H3,(H2,31,33). The van der Waals surface area contributed by atoms with Gasteiger partial charge < -0.3 is 20.1 Å². The van der Waals surface area contributed by atoms with Crippen molar-refractivity contribution < 1.29 is 37.0 Å². The number of nitrogens with two attached hydrogens (primary N) is 1. The Balaban J connectivity index is 2.02. The van der Waals surface area contributed by atoms with E-state index in [0.717, 1.165) is 37.8 Å². The number of hydrogen-bond acceptors (Lipinski definition) is 5. The predicted octanol–water partition coefficient (Wildman–Crippen LogP) is 5.95. The zero-order valence-electron chi connectivity index (χ0n) is 21.2. The number of carbonyl (C=O) groups is 3. The minimum atomic E-state index is -4.83. The van der Waals surface area contributed by atoms with Gasteiger partial charge in [0.25, 0.3) is 0 Å². The second-order valence-electron chi connectivity index (χ2n) is 9.60. The summed E-state index contributed by atoms with van der Waals surface area (Å²) in [5.74, 6) is -2.17. The molecule has 7 nitrogen and oxygen atoms in total. The van der Waals surface area contributed by atoms with Gasteiger partial charge in [-0.15, -0.1) is 0 Å². The van der Waals surface area contributed by atoms with Crippen LogP contribution in [0.1, 0.15) is 72.7 Å². The molecule has 2 N–H and O–H groups in total. The van der Waals surface area contributed by atoms with E-state index in [1.807, 2.05) is 13.8 Å². The predicted molar refractivity (Wildman–Crippen MR) is 132 cm³/mol. The molecule has 0 heterocycles. The van der Waals surface area contributed by atoms with E-state index < -0.39 is 29.4 Å². The highest BCUT2D eigenvalue weighted by atomic mass is 19.4. The Kier molecular flexibility index (Phi) is 8.50. The number of methoxy groups -OCH3 is 1. The van der Waals surface area contributed by atoms with E-state index in [9.17, 15) is 27.6 Å². The summed E-state index contributed by atoms with van der Waals surface area (Å²) in [5, 5.41) is 0. The third kappa shape index (κ3) is 6.42. The second-order valence-corrected chi connectivity index (χ2v) is 9.60. The van der Waals surface area contributed by atoms with Crippen molar-refractivity contribution in [3.63, 3.8) is 0 Å². The molecule has 0 atom stereocenters. The number of anilines is 1. The smallest absolute Gasteiger partial charge is 0.420 e. The summed E-state index contributed by atoms with van der Waals surface area (Å²) in [6.07, 6.45) is -1.45. The molecule has 1 aliphatic carbocycles. The average Bonchev–Trinajstić information content (AvgIpc) is 2.84. The van der Waals surface area contributed by atoms with Crippen molar-refractivity contribution in [1.82, 2.24) is 0 Å². The number of alkyl halides is 3. The molecular weight excluding hydrogens is 489 g/mol. The van der Waals surface area contributed by atoms with Crippen LogP contribution in [-0.4, -0.2) is 30.9 Å². The van der Waals surface area contributed by atoms with Gasteiger partial charge in [-0.3, -0.25) is 9.59 Å². The topological polar surface area (TPSA) is 98.9 Å². The van der Waals surface area contributed by atoms with Crippen molar-refractivity contribution in [1.29, 1.82) is 0 Å². The zero-order chi connectivity index (χ0) is 27.5. The monoisotopic (exact) mass is 520 g/mol. The SMILES string of the molecule is COC(=O)c1cc(Oc2ccc(C(N)=O)cc2C(F)(F)F)ccc1N(C(=O)C1CCC(C)CC1)C(C)C. The maximum Gasteiger partial charge on any atom is 0.420 e. The first-order valence-corrected chi connectivity index (χ1v) is 12.1. The summed E-state index contributed by atoms with van der Waals surface area (Å²) in [6.45, 7) is 5.80. The molecule has 0 bridgehead atoms. The molecule has 0 aliphatic heterocycles. The lowest BCUT2D eigenvalue weighted by Crippen LogP contribution is -2.43. The highest BCUT2D eigenvalue weighted by Gasteiger charge is 2.36. The van der Waals surface area contributed by atoms with Crippen LogP contribution in [0.5, 0.6) is 11.5 Å². The van der Waals surface area contributed by atoms with Gasteiger partial charge in [-0.1, -0.05) is 6.92 Å². The highest BCUT2D eigenvalue weighted by molar-refractivity contribution is 6.04. The van der Waals surface area contributed by atoms with Crippen LogP contribution in [0.3, 0.4) is 0 Å². The van der Waals surface area contributed by atoms with Gasteiger partial charge in [0.05, 0.1) is 23.9 Å². The van der Waals surface area contributed by atoms with Crippen molar-refractivity contribution in [3.05, 3.63) is 53.1 Å². The number of esters is 1. The lowest BCUT2D eigenvalue weighted by molar-refractivity contribution is -0.138. The lowest BCUT2D eigenvalue weighted by atomic mass is 9.82. The second kappa shape index (κ2) is 11.2. The van der Waals surface area contributed by atoms with Crippen molar-refractivity contribution >= 4 is 23.5 Å². The minimum Gasteiger partial charge on any atom is -0.465 e. The molecule has 3 rings (SSSR count). The van der Waals surface area contributed by atoms with Crippen LogP contribution in [0.2, 0.25) is 0 Å². The lowest BCUT2D eigenvalue weighted by Gasteiger charge is -2.34. The first-order chi connectivity index (χ1) is 17.3. The Hall–Kier alpha value is -3.56. The van der Waals surface area contributed by atoms with Gasteiger partial charge in [0.15, 0.2) is 0 Å². The third-order valence-corrected chi connectivity index (χ3v) is 6.55. The van der Waals surface area contributed by atoms with Gasteiger partial charge in [0, 0.05) is 17.5 Å². The Morgan fingerprint density at radius 3 is 2.22 bits per heavy atom. The van der Waals surface area contributed by atoms with E-state index in [1.54, 1.807) is 4.90 Å². The molecule has 1 saturated carbocycles. The van der Waals surface area contributed by atoms with E-state index >= 15 is 0 Å². The van der Waals surface area contributed by atoms with Gasteiger partial charge in [-0.05, 0) is 81.8 Å². The van der Waals surface area contributed by atoms with E-state index in [2.05, 4.69) is 6.92 Å². The molecule has 0 unspecified atom stereocenters. The number of halogens is 3. The Bertz CT molecular complexity index is 1170. The van der Waals surface area contributed by atoms with Crippen molar-refractivity contribution in [2.75, 3.05) is 12.0 Å². The van der Waals surface area contributed by atoms with E-state index in [4.69, 9.17) is 15.2 Å². The molecule has 2 amide bonds. The molecule has 0 saturated heterocycles. The fourth-order valence-corrected chi connectivity index (χ4v) is 4.54. The molecule has 1 fully saturated rings. The number of benzene rings is 2. The quantitative estimate of drug-likeness (QED) is 0.455. The third-order valence-electron chi connectivity index (χ3n) is 6.55. The van der Waals surface area contributed by atoms with Crippen molar-refractivity contribution in [3.8, 4) is 11.5 Å². The van der Waals surface area contributed by atoms with E-state index in [0.29, 0.717) is 12.0 Å². The van der Waals surface area contributed by atoms with Crippen LogP contribution >= 0.6 is 0 Å². The van der Waals surface area contributed by atoms with Crippen LogP contribution in [0, 0.1) is 11.8 Å². The van der Waals surface area contributed by atoms with Gasteiger partial charge in [-0.25, -0.2) is 4.79 Å². The zero-order valence-corrected chi connectivity index (χ0v) is 21.2. The Labute approximate surface area is 213 Å². The van der Waals surface area contributed by atoms with Gasteiger partial charge in [0.1, 0.15) is 11.5 Å². The number of nitrogens with zero attached hydrogens (tertiary/aromatic N) is 1. The molecule has 37 heavy (non-hydrogen) atoms.